The number of aliphatic hydroxyl groups excluding tert-OH is 1. The quantitative estimate of drug-likeness (QED) is 0.771. The van der Waals surface area contributed by atoms with Crippen LogP contribution in [0.5, 0.6) is 0 Å². The SMILES string of the molecule is Cc1cc(C(O)Cc2ccc(Cl)cc2Cl)sc1Br. The van der Waals surface area contributed by atoms with Gasteiger partial charge in [-0.3, -0.25) is 0 Å². The van der Waals surface area contributed by atoms with Gasteiger partial charge in [-0.1, -0.05) is 29.3 Å². The fraction of sp³-hybridized carbons (Fsp3) is 0.231. The lowest BCUT2D eigenvalue weighted by Crippen LogP contribution is -2.00. The van der Waals surface area contributed by atoms with Gasteiger partial charge in [0.05, 0.1) is 9.89 Å². The largest absolute Gasteiger partial charge is 0.387 e. The second kappa shape index (κ2) is 5.93. The van der Waals surface area contributed by atoms with E-state index in [9.17, 15) is 5.11 Å². The van der Waals surface area contributed by atoms with E-state index in [2.05, 4.69) is 15.9 Å². The number of rotatable bonds is 3. The number of aliphatic hydroxyl groups is 1. The van der Waals surface area contributed by atoms with E-state index in [0.29, 0.717) is 16.5 Å². The first-order valence-corrected chi connectivity index (χ1v) is 7.71. The van der Waals surface area contributed by atoms with Gasteiger partial charge in [-0.05, 0) is 52.2 Å². The van der Waals surface area contributed by atoms with Crippen molar-refractivity contribution >= 4 is 50.5 Å². The van der Waals surface area contributed by atoms with Gasteiger partial charge in [-0.2, -0.15) is 0 Å². The van der Waals surface area contributed by atoms with Gasteiger partial charge in [0.15, 0.2) is 0 Å². The van der Waals surface area contributed by atoms with E-state index < -0.39 is 6.10 Å². The molecule has 18 heavy (non-hydrogen) atoms. The summed E-state index contributed by atoms with van der Waals surface area (Å²) in [6.45, 7) is 2.01. The minimum Gasteiger partial charge on any atom is -0.387 e. The van der Waals surface area contributed by atoms with Crippen molar-refractivity contribution in [3.8, 4) is 0 Å². The molecule has 2 rings (SSSR count). The molecule has 96 valence electrons. The maximum Gasteiger partial charge on any atom is 0.0923 e. The van der Waals surface area contributed by atoms with Gasteiger partial charge in [-0.25, -0.2) is 0 Å². The molecule has 0 fully saturated rings. The predicted molar refractivity (Wildman–Crippen MR) is 81.9 cm³/mol. The molecule has 1 unspecified atom stereocenters. The Hall–Kier alpha value is -0.0600. The van der Waals surface area contributed by atoms with Crippen LogP contribution >= 0.6 is 50.5 Å². The van der Waals surface area contributed by atoms with E-state index in [0.717, 1.165) is 19.8 Å². The zero-order chi connectivity index (χ0) is 13.3. The fourth-order valence-corrected chi connectivity index (χ4v) is 3.69. The molecule has 1 aromatic heterocycles. The first kappa shape index (κ1) is 14.4. The molecule has 1 N–H and O–H groups in total. The lowest BCUT2D eigenvalue weighted by atomic mass is 10.1. The van der Waals surface area contributed by atoms with Crippen LogP contribution in [0.3, 0.4) is 0 Å². The highest BCUT2D eigenvalue weighted by Crippen LogP contribution is 2.34. The molecule has 1 atom stereocenters. The second-order valence-corrected chi connectivity index (χ2v) is 7.31. The maximum atomic E-state index is 10.2. The lowest BCUT2D eigenvalue weighted by molar-refractivity contribution is 0.182. The van der Waals surface area contributed by atoms with Crippen molar-refractivity contribution in [1.29, 1.82) is 0 Å². The smallest absolute Gasteiger partial charge is 0.0923 e. The number of halogens is 3. The summed E-state index contributed by atoms with van der Waals surface area (Å²) in [7, 11) is 0. The monoisotopic (exact) mass is 364 g/mol. The number of aryl methyl sites for hydroxylation is 1. The van der Waals surface area contributed by atoms with Crippen LogP contribution in [-0.4, -0.2) is 5.11 Å². The van der Waals surface area contributed by atoms with Crippen molar-refractivity contribution in [2.75, 3.05) is 0 Å². The Morgan fingerprint density at radius 3 is 2.61 bits per heavy atom. The Kier molecular flexibility index (Phi) is 4.73. The molecule has 0 amide bonds. The minimum absolute atomic E-state index is 0.488. The third-order valence-electron chi connectivity index (χ3n) is 2.63. The highest BCUT2D eigenvalue weighted by atomic mass is 79.9. The number of benzene rings is 1. The summed E-state index contributed by atoms with van der Waals surface area (Å²) >= 11 is 16.9. The summed E-state index contributed by atoms with van der Waals surface area (Å²) < 4.78 is 1.05. The number of hydrogen-bond acceptors (Lipinski definition) is 2. The van der Waals surface area contributed by atoms with Gasteiger partial charge < -0.3 is 5.11 Å². The Bertz CT molecular complexity index is 549. The highest BCUT2D eigenvalue weighted by molar-refractivity contribution is 9.11. The molecular formula is C13H11BrCl2OS. The van der Waals surface area contributed by atoms with E-state index in [1.165, 1.54) is 0 Å². The summed E-state index contributed by atoms with van der Waals surface area (Å²) in [5.41, 5.74) is 2.03. The minimum atomic E-state index is -0.543. The topological polar surface area (TPSA) is 20.2 Å². The van der Waals surface area contributed by atoms with Crippen molar-refractivity contribution in [1.82, 2.24) is 0 Å². The molecule has 0 aliphatic rings. The van der Waals surface area contributed by atoms with Crippen LogP contribution in [-0.2, 0) is 6.42 Å². The fourth-order valence-electron chi connectivity index (χ4n) is 1.64. The summed E-state index contributed by atoms with van der Waals surface area (Å²) in [6.07, 6.45) is -0.0544. The molecule has 0 radical (unpaired) electrons. The normalized spacial score (nSPS) is 12.7. The molecule has 0 bridgehead atoms. The molecule has 0 aliphatic heterocycles. The van der Waals surface area contributed by atoms with Gasteiger partial charge in [-0.15, -0.1) is 11.3 Å². The van der Waals surface area contributed by atoms with Crippen LogP contribution in [0, 0.1) is 6.92 Å². The molecular weight excluding hydrogens is 355 g/mol. The van der Waals surface area contributed by atoms with E-state index in [4.69, 9.17) is 23.2 Å². The first-order valence-electron chi connectivity index (χ1n) is 5.35. The zero-order valence-corrected chi connectivity index (χ0v) is 13.5. The summed E-state index contributed by atoms with van der Waals surface area (Å²) in [6, 6.07) is 7.32. The van der Waals surface area contributed by atoms with E-state index in [1.807, 2.05) is 19.1 Å². The van der Waals surface area contributed by atoms with Crippen LogP contribution in [0.4, 0.5) is 0 Å². The van der Waals surface area contributed by atoms with Crippen LogP contribution in [0.15, 0.2) is 28.1 Å². The third kappa shape index (κ3) is 3.28. The Balaban J connectivity index is 2.18. The average Bonchev–Trinajstić information content (AvgIpc) is 2.63. The van der Waals surface area contributed by atoms with Crippen LogP contribution in [0.25, 0.3) is 0 Å². The van der Waals surface area contributed by atoms with Crippen molar-refractivity contribution in [3.05, 3.63) is 54.1 Å². The van der Waals surface area contributed by atoms with Gasteiger partial charge in [0.1, 0.15) is 0 Å². The van der Waals surface area contributed by atoms with Crippen LogP contribution < -0.4 is 0 Å². The summed E-state index contributed by atoms with van der Waals surface area (Å²) in [5, 5.41) is 11.4. The first-order chi connectivity index (χ1) is 8.47. The Labute approximate surface area is 128 Å². The molecule has 5 heteroatoms. The lowest BCUT2D eigenvalue weighted by Gasteiger charge is -2.10. The summed E-state index contributed by atoms with van der Waals surface area (Å²) in [5.74, 6) is 0. The Morgan fingerprint density at radius 2 is 2.06 bits per heavy atom. The van der Waals surface area contributed by atoms with Crippen molar-refractivity contribution in [2.24, 2.45) is 0 Å². The van der Waals surface area contributed by atoms with E-state index >= 15 is 0 Å². The molecule has 0 spiro atoms. The molecule has 1 nitrogen and oxygen atoms in total. The molecule has 0 saturated heterocycles. The molecule has 1 aromatic carbocycles. The van der Waals surface area contributed by atoms with Crippen molar-refractivity contribution < 1.29 is 5.11 Å². The second-order valence-electron chi connectivity index (χ2n) is 4.06. The van der Waals surface area contributed by atoms with Gasteiger partial charge >= 0.3 is 0 Å². The highest BCUT2D eigenvalue weighted by Gasteiger charge is 2.14. The molecule has 1 heterocycles. The average molecular weight is 366 g/mol. The van der Waals surface area contributed by atoms with Gasteiger partial charge in [0.25, 0.3) is 0 Å². The standard InChI is InChI=1S/C13H11BrCl2OS/c1-7-4-12(18-13(7)14)11(17)5-8-2-3-9(15)6-10(8)16/h2-4,6,11,17H,5H2,1H3. The van der Waals surface area contributed by atoms with Crippen molar-refractivity contribution in [2.45, 2.75) is 19.4 Å². The van der Waals surface area contributed by atoms with E-state index in [1.54, 1.807) is 23.5 Å². The predicted octanol–water partition coefficient (Wildman–Crippen LogP) is 5.40. The van der Waals surface area contributed by atoms with Gasteiger partial charge in [0.2, 0.25) is 0 Å². The molecule has 0 saturated carbocycles. The van der Waals surface area contributed by atoms with Crippen LogP contribution in [0.1, 0.15) is 22.1 Å². The third-order valence-corrected chi connectivity index (χ3v) is 5.46. The molecule has 2 aromatic rings. The van der Waals surface area contributed by atoms with Crippen molar-refractivity contribution in [3.63, 3.8) is 0 Å². The van der Waals surface area contributed by atoms with E-state index in [-0.39, 0.29) is 0 Å². The number of hydrogen-bond donors (Lipinski definition) is 1. The summed E-state index contributed by atoms with van der Waals surface area (Å²) in [4.78, 5) is 0.936. The number of thiophene rings is 1. The Morgan fingerprint density at radius 1 is 1.33 bits per heavy atom. The van der Waals surface area contributed by atoms with Gasteiger partial charge in [0, 0.05) is 21.3 Å². The van der Waals surface area contributed by atoms with Crippen LogP contribution in [0.2, 0.25) is 10.0 Å². The maximum absolute atomic E-state index is 10.2. The zero-order valence-electron chi connectivity index (χ0n) is 9.58. The molecule has 0 aliphatic carbocycles.